The van der Waals surface area contributed by atoms with Crippen LogP contribution >= 0.6 is 0 Å². The van der Waals surface area contributed by atoms with Crippen molar-refractivity contribution in [3.8, 4) is 5.75 Å². The average Bonchev–Trinajstić information content (AvgIpc) is 2.74. The van der Waals surface area contributed by atoms with Gasteiger partial charge in [0.2, 0.25) is 5.76 Å². The van der Waals surface area contributed by atoms with Gasteiger partial charge in [-0.05, 0) is 32.0 Å². The lowest BCUT2D eigenvalue weighted by Crippen LogP contribution is -2.20. The lowest BCUT2D eigenvalue weighted by atomic mass is 10.1. The molecular weight excluding hydrogens is 262 g/mol. The monoisotopic (exact) mass is 277 g/mol. The molecule has 0 atom stereocenters. The van der Waals surface area contributed by atoms with Gasteiger partial charge in [-0.25, -0.2) is 4.79 Å². The highest BCUT2D eigenvalue weighted by Crippen LogP contribution is 2.29. The first kappa shape index (κ1) is 13.9. The van der Waals surface area contributed by atoms with Crippen molar-refractivity contribution in [1.82, 2.24) is 0 Å². The molecule has 0 aliphatic heterocycles. The summed E-state index contributed by atoms with van der Waals surface area (Å²) < 4.78 is 15.6. The highest BCUT2D eigenvalue weighted by Gasteiger charge is 2.19. The number of esters is 1. The van der Waals surface area contributed by atoms with Crippen LogP contribution < -0.4 is 10.5 Å². The van der Waals surface area contributed by atoms with Crippen LogP contribution in [-0.4, -0.2) is 25.1 Å². The average molecular weight is 277 g/mol. The molecule has 0 saturated heterocycles. The van der Waals surface area contributed by atoms with E-state index in [0.717, 1.165) is 5.39 Å². The summed E-state index contributed by atoms with van der Waals surface area (Å²) in [5.41, 5.74) is 6.11. The lowest BCUT2D eigenvalue weighted by Gasteiger charge is -2.01. The van der Waals surface area contributed by atoms with Gasteiger partial charge in [0, 0.05) is 10.9 Å². The number of carbonyl (C=O) groups is 2. The van der Waals surface area contributed by atoms with Gasteiger partial charge in [0.25, 0.3) is 5.91 Å². The second-order valence-corrected chi connectivity index (χ2v) is 4.19. The third-order valence-electron chi connectivity index (χ3n) is 2.75. The molecule has 20 heavy (non-hydrogen) atoms. The maximum absolute atomic E-state index is 11.8. The summed E-state index contributed by atoms with van der Waals surface area (Å²) in [6.45, 7) is 3.71. The van der Waals surface area contributed by atoms with Gasteiger partial charge < -0.3 is 19.6 Å². The SMILES string of the molecule is CCOc1ccc2oc(C(=O)OCC(N)=O)c(C)c2c1. The van der Waals surface area contributed by atoms with Crippen molar-refractivity contribution in [1.29, 1.82) is 0 Å². The molecule has 0 unspecified atom stereocenters. The number of rotatable bonds is 5. The summed E-state index contributed by atoms with van der Waals surface area (Å²) in [6, 6.07) is 5.27. The maximum atomic E-state index is 11.8. The highest BCUT2D eigenvalue weighted by atomic mass is 16.5. The zero-order valence-electron chi connectivity index (χ0n) is 11.3. The van der Waals surface area contributed by atoms with Crippen molar-refractivity contribution in [2.24, 2.45) is 5.73 Å². The molecule has 2 rings (SSSR count). The molecule has 0 radical (unpaired) electrons. The summed E-state index contributed by atoms with van der Waals surface area (Å²) >= 11 is 0. The van der Waals surface area contributed by atoms with Crippen LogP contribution in [0.4, 0.5) is 0 Å². The molecule has 6 nitrogen and oxygen atoms in total. The summed E-state index contributed by atoms with van der Waals surface area (Å²) in [5.74, 6) is -0.669. The summed E-state index contributed by atoms with van der Waals surface area (Å²) in [6.07, 6.45) is 0. The fourth-order valence-corrected chi connectivity index (χ4v) is 1.85. The van der Waals surface area contributed by atoms with E-state index in [1.165, 1.54) is 0 Å². The maximum Gasteiger partial charge on any atom is 0.375 e. The number of primary amides is 1. The largest absolute Gasteiger partial charge is 0.494 e. The number of benzene rings is 1. The Morgan fingerprint density at radius 1 is 1.35 bits per heavy atom. The van der Waals surface area contributed by atoms with E-state index in [-0.39, 0.29) is 5.76 Å². The molecule has 2 N–H and O–H groups in total. The lowest BCUT2D eigenvalue weighted by molar-refractivity contribution is -0.121. The van der Waals surface area contributed by atoms with Gasteiger partial charge in [0.15, 0.2) is 6.61 Å². The molecule has 106 valence electrons. The van der Waals surface area contributed by atoms with Crippen LogP contribution in [0.15, 0.2) is 22.6 Å². The number of furan rings is 1. The number of hydrogen-bond donors (Lipinski definition) is 1. The van der Waals surface area contributed by atoms with Gasteiger partial charge in [-0.15, -0.1) is 0 Å². The molecule has 0 saturated carbocycles. The number of nitrogens with two attached hydrogens (primary N) is 1. The molecule has 0 aliphatic carbocycles. The van der Waals surface area contributed by atoms with Crippen LogP contribution in [0, 0.1) is 6.92 Å². The standard InChI is InChI=1S/C14H15NO5/c1-3-18-9-4-5-11-10(6-9)8(2)13(20-11)14(17)19-7-12(15)16/h4-6H,3,7H2,1-2H3,(H2,15,16). The van der Waals surface area contributed by atoms with E-state index in [1.807, 2.05) is 6.92 Å². The van der Waals surface area contributed by atoms with Crippen LogP contribution in [0.5, 0.6) is 5.75 Å². The van der Waals surface area contributed by atoms with Gasteiger partial charge >= 0.3 is 5.97 Å². The second-order valence-electron chi connectivity index (χ2n) is 4.19. The molecular formula is C14H15NO5. The quantitative estimate of drug-likeness (QED) is 0.841. The molecule has 6 heteroatoms. The Labute approximate surface area is 115 Å². The zero-order valence-corrected chi connectivity index (χ0v) is 11.3. The van der Waals surface area contributed by atoms with Crippen LogP contribution in [-0.2, 0) is 9.53 Å². The number of aryl methyl sites for hydroxylation is 1. The van der Waals surface area contributed by atoms with Gasteiger partial charge in [-0.1, -0.05) is 0 Å². The van der Waals surface area contributed by atoms with Crippen molar-refractivity contribution < 1.29 is 23.5 Å². The van der Waals surface area contributed by atoms with Gasteiger partial charge in [-0.3, -0.25) is 4.79 Å². The van der Waals surface area contributed by atoms with Gasteiger partial charge in [-0.2, -0.15) is 0 Å². The number of ether oxygens (including phenoxy) is 2. The van der Waals surface area contributed by atoms with Crippen LogP contribution in [0.2, 0.25) is 0 Å². The Morgan fingerprint density at radius 2 is 2.10 bits per heavy atom. The molecule has 0 spiro atoms. The van der Waals surface area contributed by atoms with E-state index in [0.29, 0.717) is 23.5 Å². The number of amides is 1. The van der Waals surface area contributed by atoms with Crippen molar-refractivity contribution in [2.75, 3.05) is 13.2 Å². The van der Waals surface area contributed by atoms with E-state index in [4.69, 9.17) is 19.6 Å². The first-order valence-electron chi connectivity index (χ1n) is 6.14. The van der Waals surface area contributed by atoms with Gasteiger partial charge in [0.05, 0.1) is 6.61 Å². The molecule has 1 heterocycles. The van der Waals surface area contributed by atoms with E-state index >= 15 is 0 Å². The number of hydrogen-bond acceptors (Lipinski definition) is 5. The summed E-state index contributed by atoms with van der Waals surface area (Å²) in [4.78, 5) is 22.4. The molecule has 1 amide bonds. The van der Waals surface area contributed by atoms with Crippen LogP contribution in [0.25, 0.3) is 11.0 Å². The topological polar surface area (TPSA) is 91.8 Å². The Hall–Kier alpha value is -2.50. The molecule has 2 aromatic rings. The number of fused-ring (bicyclic) bond motifs is 1. The van der Waals surface area contributed by atoms with Crippen LogP contribution in [0.3, 0.4) is 0 Å². The summed E-state index contributed by atoms with van der Waals surface area (Å²) in [5, 5.41) is 0.766. The van der Waals surface area contributed by atoms with E-state index in [2.05, 4.69) is 0 Å². The normalized spacial score (nSPS) is 10.5. The fraction of sp³-hybridized carbons (Fsp3) is 0.286. The molecule has 0 bridgehead atoms. The Balaban J connectivity index is 2.33. The number of carbonyl (C=O) groups excluding carboxylic acids is 2. The van der Waals surface area contributed by atoms with E-state index in [9.17, 15) is 9.59 Å². The van der Waals surface area contributed by atoms with Crippen molar-refractivity contribution >= 4 is 22.8 Å². The first-order valence-corrected chi connectivity index (χ1v) is 6.14. The predicted octanol–water partition coefficient (Wildman–Crippen LogP) is 1.78. The summed E-state index contributed by atoms with van der Waals surface area (Å²) in [7, 11) is 0. The predicted molar refractivity (Wildman–Crippen MR) is 71.6 cm³/mol. The minimum Gasteiger partial charge on any atom is -0.494 e. The molecule has 1 aromatic carbocycles. The van der Waals surface area contributed by atoms with Crippen molar-refractivity contribution in [3.05, 3.63) is 29.5 Å². The Bertz CT molecular complexity index is 659. The highest BCUT2D eigenvalue weighted by molar-refractivity contribution is 5.97. The smallest absolute Gasteiger partial charge is 0.375 e. The third kappa shape index (κ3) is 2.74. The minimum absolute atomic E-state index is 0.0647. The first-order chi connectivity index (χ1) is 9.52. The second kappa shape index (κ2) is 5.64. The fourth-order valence-electron chi connectivity index (χ4n) is 1.85. The van der Waals surface area contributed by atoms with Gasteiger partial charge in [0.1, 0.15) is 11.3 Å². The van der Waals surface area contributed by atoms with Crippen molar-refractivity contribution in [3.63, 3.8) is 0 Å². The third-order valence-corrected chi connectivity index (χ3v) is 2.75. The Morgan fingerprint density at radius 3 is 2.75 bits per heavy atom. The molecule has 1 aromatic heterocycles. The van der Waals surface area contributed by atoms with Crippen molar-refractivity contribution in [2.45, 2.75) is 13.8 Å². The minimum atomic E-state index is -0.717. The van der Waals surface area contributed by atoms with E-state index in [1.54, 1.807) is 25.1 Å². The van der Waals surface area contributed by atoms with E-state index < -0.39 is 18.5 Å². The Kier molecular flexibility index (Phi) is 3.93. The molecule has 0 fully saturated rings. The van der Waals surface area contributed by atoms with Crippen LogP contribution in [0.1, 0.15) is 23.0 Å². The molecule has 0 aliphatic rings. The zero-order chi connectivity index (χ0) is 14.7.